The summed E-state index contributed by atoms with van der Waals surface area (Å²) in [6.07, 6.45) is 1.10. The maximum absolute atomic E-state index is 12.0. The van der Waals surface area contributed by atoms with Crippen molar-refractivity contribution in [2.45, 2.75) is 45.3 Å². The van der Waals surface area contributed by atoms with Crippen LogP contribution in [0.3, 0.4) is 0 Å². The third-order valence-electron chi connectivity index (χ3n) is 2.68. The van der Waals surface area contributed by atoms with E-state index >= 15 is 0 Å². The first-order chi connectivity index (χ1) is 9.23. The van der Waals surface area contributed by atoms with Gasteiger partial charge in [-0.25, -0.2) is 4.79 Å². The minimum absolute atomic E-state index is 0.0974. The molecule has 1 aliphatic carbocycles. The summed E-state index contributed by atoms with van der Waals surface area (Å²) in [6, 6.07) is -0.672. The van der Waals surface area contributed by atoms with Gasteiger partial charge in [-0.05, 0) is 39.5 Å². The Morgan fingerprint density at radius 2 is 1.85 bits per heavy atom. The largest absolute Gasteiger partial charge is 0.468 e. The highest BCUT2D eigenvalue weighted by Gasteiger charge is 2.38. The Morgan fingerprint density at radius 1 is 1.25 bits per heavy atom. The lowest BCUT2D eigenvalue weighted by Gasteiger charge is -2.23. The first-order valence-electron chi connectivity index (χ1n) is 6.57. The van der Waals surface area contributed by atoms with Gasteiger partial charge < -0.3 is 20.1 Å². The fourth-order valence-electron chi connectivity index (χ4n) is 1.60. The zero-order chi connectivity index (χ0) is 15.3. The van der Waals surface area contributed by atoms with Crippen LogP contribution < -0.4 is 10.6 Å². The fraction of sp³-hybridized carbons (Fsp3) is 0.769. The van der Waals surface area contributed by atoms with Gasteiger partial charge in [0.1, 0.15) is 18.2 Å². The van der Waals surface area contributed by atoms with Crippen molar-refractivity contribution < 1.29 is 23.9 Å². The molecule has 1 saturated carbocycles. The first kappa shape index (κ1) is 16.3. The quantitative estimate of drug-likeness (QED) is 0.721. The molecule has 0 aromatic carbocycles. The third kappa shape index (κ3) is 5.90. The normalized spacial score (nSPS) is 16.0. The number of methoxy groups -OCH3 is 1. The van der Waals surface area contributed by atoms with E-state index in [2.05, 4.69) is 15.4 Å². The minimum atomic E-state index is -0.672. The number of ether oxygens (including phenoxy) is 2. The molecule has 114 valence electrons. The SMILES string of the molecule is COC(=O)CNC(=O)C(NC(=O)OC(C)(C)C)C1CC1. The average molecular weight is 286 g/mol. The number of amides is 2. The summed E-state index contributed by atoms with van der Waals surface area (Å²) in [7, 11) is 1.24. The second-order valence-electron chi connectivity index (χ2n) is 5.76. The molecule has 7 heteroatoms. The van der Waals surface area contributed by atoms with Gasteiger partial charge in [0.2, 0.25) is 5.91 Å². The smallest absolute Gasteiger partial charge is 0.408 e. The molecule has 7 nitrogen and oxygen atoms in total. The van der Waals surface area contributed by atoms with Crippen LogP contribution in [0.15, 0.2) is 0 Å². The summed E-state index contributed by atoms with van der Waals surface area (Å²) in [5, 5.41) is 4.99. The average Bonchev–Trinajstić information content (AvgIpc) is 3.14. The van der Waals surface area contributed by atoms with Crippen molar-refractivity contribution in [1.82, 2.24) is 10.6 Å². The van der Waals surface area contributed by atoms with Gasteiger partial charge in [0.25, 0.3) is 0 Å². The lowest BCUT2D eigenvalue weighted by molar-refractivity contribution is -0.141. The molecule has 2 N–H and O–H groups in total. The molecule has 1 unspecified atom stereocenters. The molecule has 2 amide bonds. The van der Waals surface area contributed by atoms with Gasteiger partial charge in [0.05, 0.1) is 7.11 Å². The van der Waals surface area contributed by atoms with E-state index in [1.165, 1.54) is 7.11 Å². The summed E-state index contributed by atoms with van der Waals surface area (Å²) < 4.78 is 9.56. The van der Waals surface area contributed by atoms with Gasteiger partial charge in [-0.1, -0.05) is 0 Å². The molecule has 0 aliphatic heterocycles. The Balaban J connectivity index is 2.50. The molecule has 1 rings (SSSR count). The maximum atomic E-state index is 12.0. The Bertz CT molecular complexity index is 385. The summed E-state index contributed by atoms with van der Waals surface area (Å²) in [6.45, 7) is 5.02. The molecule has 0 radical (unpaired) electrons. The van der Waals surface area contributed by atoms with Gasteiger partial charge in [-0.3, -0.25) is 9.59 Å². The summed E-state index contributed by atoms with van der Waals surface area (Å²) in [4.78, 5) is 34.6. The number of hydrogen-bond donors (Lipinski definition) is 2. The molecule has 0 aromatic rings. The number of hydrogen-bond acceptors (Lipinski definition) is 5. The molecule has 1 fully saturated rings. The third-order valence-corrected chi connectivity index (χ3v) is 2.68. The van der Waals surface area contributed by atoms with E-state index in [-0.39, 0.29) is 12.5 Å². The Morgan fingerprint density at radius 3 is 2.30 bits per heavy atom. The highest BCUT2D eigenvalue weighted by atomic mass is 16.6. The van der Waals surface area contributed by atoms with Crippen molar-refractivity contribution in [1.29, 1.82) is 0 Å². The van der Waals surface area contributed by atoms with Gasteiger partial charge in [0.15, 0.2) is 0 Å². The molecule has 20 heavy (non-hydrogen) atoms. The van der Waals surface area contributed by atoms with Crippen LogP contribution in [0.25, 0.3) is 0 Å². The number of alkyl carbamates (subject to hydrolysis) is 1. The van der Waals surface area contributed by atoms with Crippen molar-refractivity contribution in [2.75, 3.05) is 13.7 Å². The zero-order valence-electron chi connectivity index (χ0n) is 12.3. The van der Waals surface area contributed by atoms with Crippen molar-refractivity contribution in [2.24, 2.45) is 5.92 Å². The fourth-order valence-corrected chi connectivity index (χ4v) is 1.60. The van der Waals surface area contributed by atoms with E-state index in [0.717, 1.165) is 12.8 Å². The molecule has 1 atom stereocenters. The summed E-state index contributed by atoms with van der Waals surface area (Å²) >= 11 is 0. The van der Waals surface area contributed by atoms with Gasteiger partial charge in [-0.2, -0.15) is 0 Å². The van der Waals surface area contributed by atoms with Crippen molar-refractivity contribution in [3.63, 3.8) is 0 Å². The van der Waals surface area contributed by atoms with Crippen molar-refractivity contribution in [3.05, 3.63) is 0 Å². The maximum Gasteiger partial charge on any atom is 0.408 e. The first-order valence-corrected chi connectivity index (χ1v) is 6.57. The predicted molar refractivity (Wildman–Crippen MR) is 70.9 cm³/mol. The number of esters is 1. The lowest BCUT2D eigenvalue weighted by atomic mass is 10.1. The van der Waals surface area contributed by atoms with E-state index in [4.69, 9.17) is 4.74 Å². The van der Waals surface area contributed by atoms with E-state index < -0.39 is 29.6 Å². The standard InChI is InChI=1S/C13H22N2O5/c1-13(2,3)20-12(18)15-10(8-5-6-8)11(17)14-7-9(16)19-4/h8,10H,5-7H2,1-4H3,(H,14,17)(H,15,18). The summed E-state index contributed by atoms with van der Waals surface area (Å²) in [5.41, 5.74) is -0.624. The van der Waals surface area contributed by atoms with E-state index in [1.807, 2.05) is 0 Å². The van der Waals surface area contributed by atoms with Gasteiger partial charge in [-0.15, -0.1) is 0 Å². The number of nitrogens with one attached hydrogen (secondary N) is 2. The highest BCUT2D eigenvalue weighted by Crippen LogP contribution is 2.32. The Kier molecular flexibility index (Phi) is 5.35. The lowest BCUT2D eigenvalue weighted by Crippen LogP contribution is -2.50. The summed E-state index contributed by atoms with van der Waals surface area (Å²) in [5.74, 6) is -0.839. The van der Waals surface area contributed by atoms with E-state index in [1.54, 1.807) is 20.8 Å². The van der Waals surface area contributed by atoms with Crippen LogP contribution in [0.5, 0.6) is 0 Å². The Labute approximate surface area is 118 Å². The van der Waals surface area contributed by atoms with Gasteiger partial charge >= 0.3 is 12.1 Å². The molecular weight excluding hydrogens is 264 g/mol. The molecule has 0 aromatic heterocycles. The topological polar surface area (TPSA) is 93.7 Å². The van der Waals surface area contributed by atoms with Crippen LogP contribution in [-0.2, 0) is 19.1 Å². The molecule has 0 saturated heterocycles. The van der Waals surface area contributed by atoms with Crippen LogP contribution in [0.2, 0.25) is 0 Å². The monoisotopic (exact) mass is 286 g/mol. The van der Waals surface area contributed by atoms with Crippen LogP contribution in [-0.4, -0.2) is 43.3 Å². The van der Waals surface area contributed by atoms with Crippen molar-refractivity contribution in [3.8, 4) is 0 Å². The van der Waals surface area contributed by atoms with Crippen LogP contribution in [0.4, 0.5) is 4.79 Å². The predicted octanol–water partition coefficient (Wildman–Crippen LogP) is 0.579. The zero-order valence-corrected chi connectivity index (χ0v) is 12.3. The number of carbonyl (C=O) groups is 3. The van der Waals surface area contributed by atoms with Crippen LogP contribution in [0, 0.1) is 5.92 Å². The second kappa shape index (κ2) is 6.58. The van der Waals surface area contributed by atoms with E-state index in [0.29, 0.717) is 0 Å². The molecule has 0 spiro atoms. The number of rotatable bonds is 5. The van der Waals surface area contributed by atoms with E-state index in [9.17, 15) is 14.4 Å². The highest BCUT2D eigenvalue weighted by molar-refractivity contribution is 5.88. The second-order valence-corrected chi connectivity index (χ2v) is 5.76. The van der Waals surface area contributed by atoms with Gasteiger partial charge in [0, 0.05) is 0 Å². The number of carbonyl (C=O) groups excluding carboxylic acids is 3. The van der Waals surface area contributed by atoms with Crippen LogP contribution in [0.1, 0.15) is 33.6 Å². The molecule has 0 bridgehead atoms. The minimum Gasteiger partial charge on any atom is -0.468 e. The molecule has 0 heterocycles. The molecular formula is C13H22N2O5. The Hall–Kier alpha value is -1.79. The molecule has 1 aliphatic rings. The van der Waals surface area contributed by atoms with Crippen LogP contribution >= 0.6 is 0 Å². The van der Waals surface area contributed by atoms with Crippen molar-refractivity contribution >= 4 is 18.0 Å².